The van der Waals surface area contributed by atoms with Gasteiger partial charge in [-0.2, -0.15) is 5.26 Å². The van der Waals surface area contributed by atoms with Crippen molar-refractivity contribution in [2.24, 2.45) is 0 Å². The molecule has 0 spiro atoms. The van der Waals surface area contributed by atoms with Crippen molar-refractivity contribution >= 4 is 28.6 Å². The zero-order valence-electron chi connectivity index (χ0n) is 11.8. The Balaban J connectivity index is 2.66. The van der Waals surface area contributed by atoms with Gasteiger partial charge >= 0.3 is 6.09 Å². The number of rotatable bonds is 0. The molecule has 1 heterocycles. The summed E-state index contributed by atoms with van der Waals surface area (Å²) in [5.74, 6) is 0. The van der Waals surface area contributed by atoms with Crippen LogP contribution in [0, 0.1) is 18.3 Å². The molecule has 0 radical (unpaired) electrons. The van der Waals surface area contributed by atoms with Gasteiger partial charge in [0.15, 0.2) is 0 Å². The summed E-state index contributed by atoms with van der Waals surface area (Å²) in [5.41, 5.74) is 1.15. The van der Waals surface area contributed by atoms with Crippen LogP contribution in [0.3, 0.4) is 0 Å². The number of hydrogen-bond acceptors (Lipinski definition) is 3. The highest BCUT2D eigenvalue weighted by atomic mass is 35.5. The van der Waals surface area contributed by atoms with Crippen molar-refractivity contribution in [2.75, 3.05) is 0 Å². The van der Waals surface area contributed by atoms with Gasteiger partial charge in [0.1, 0.15) is 11.7 Å². The van der Waals surface area contributed by atoms with Gasteiger partial charge in [0.2, 0.25) is 0 Å². The largest absolute Gasteiger partial charge is 0.443 e. The first kappa shape index (κ1) is 14.4. The number of nitriles is 1. The lowest BCUT2D eigenvalue weighted by atomic mass is 10.1. The van der Waals surface area contributed by atoms with Gasteiger partial charge in [-0.05, 0) is 39.3 Å². The molecule has 1 aromatic carbocycles. The van der Waals surface area contributed by atoms with E-state index in [9.17, 15) is 4.79 Å². The highest BCUT2D eigenvalue weighted by molar-refractivity contribution is 6.36. The van der Waals surface area contributed by atoms with E-state index in [4.69, 9.17) is 21.6 Å². The summed E-state index contributed by atoms with van der Waals surface area (Å²) in [7, 11) is 0. The third-order valence-electron chi connectivity index (χ3n) is 2.82. The van der Waals surface area contributed by atoms with Gasteiger partial charge in [-0.1, -0.05) is 17.7 Å². The summed E-state index contributed by atoms with van der Waals surface area (Å²) in [6.45, 7) is 7.27. The number of carbonyl (C=O) groups excluding carboxylic acids is 1. The molecule has 0 amide bonds. The van der Waals surface area contributed by atoms with Gasteiger partial charge in [-0.15, -0.1) is 0 Å². The maximum absolute atomic E-state index is 12.2. The summed E-state index contributed by atoms with van der Waals surface area (Å²) >= 11 is 6.22. The smallest absolute Gasteiger partial charge is 0.419 e. The minimum absolute atomic E-state index is 0.268. The Labute approximate surface area is 122 Å². The standard InChI is InChI=1S/C15H15ClN2O2/c1-9-8-18(14(19)20-15(2,3)4)13-11(9)6-5-10(7-17)12(13)16/h5-6,8H,1-4H3. The first-order chi connectivity index (χ1) is 9.24. The van der Waals surface area contributed by atoms with Gasteiger partial charge in [0.25, 0.3) is 0 Å². The fourth-order valence-electron chi connectivity index (χ4n) is 1.99. The molecule has 0 aliphatic carbocycles. The van der Waals surface area contributed by atoms with Crippen LogP contribution >= 0.6 is 11.6 Å². The average molecular weight is 291 g/mol. The molecule has 104 valence electrons. The van der Waals surface area contributed by atoms with E-state index < -0.39 is 11.7 Å². The molecule has 2 aromatic rings. The maximum Gasteiger partial charge on any atom is 0.419 e. The Morgan fingerprint density at radius 1 is 1.40 bits per heavy atom. The fraction of sp³-hybridized carbons (Fsp3) is 0.333. The van der Waals surface area contributed by atoms with E-state index >= 15 is 0 Å². The van der Waals surface area contributed by atoms with Crippen molar-refractivity contribution in [1.29, 1.82) is 5.26 Å². The van der Waals surface area contributed by atoms with Gasteiger partial charge in [0, 0.05) is 11.6 Å². The van der Waals surface area contributed by atoms with Crippen molar-refractivity contribution in [3.05, 3.63) is 34.5 Å². The first-order valence-corrected chi connectivity index (χ1v) is 6.56. The summed E-state index contributed by atoms with van der Waals surface area (Å²) in [6.07, 6.45) is 1.17. The summed E-state index contributed by atoms with van der Waals surface area (Å²) in [4.78, 5) is 12.2. The molecule has 0 aliphatic heterocycles. The predicted molar refractivity (Wildman–Crippen MR) is 78.0 cm³/mol. The molecule has 0 saturated carbocycles. The van der Waals surface area contributed by atoms with Crippen molar-refractivity contribution < 1.29 is 9.53 Å². The zero-order valence-corrected chi connectivity index (χ0v) is 12.6. The molecule has 0 saturated heterocycles. The van der Waals surface area contributed by atoms with Crippen LogP contribution in [0.2, 0.25) is 5.02 Å². The monoisotopic (exact) mass is 290 g/mol. The molecule has 0 unspecified atom stereocenters. The van der Waals surface area contributed by atoms with Crippen LogP contribution in [0.5, 0.6) is 0 Å². The average Bonchev–Trinajstić information content (AvgIpc) is 2.66. The second-order valence-corrected chi connectivity index (χ2v) is 5.98. The molecule has 2 rings (SSSR count). The van der Waals surface area contributed by atoms with E-state index in [-0.39, 0.29) is 5.02 Å². The number of benzene rings is 1. The van der Waals surface area contributed by atoms with Crippen molar-refractivity contribution in [1.82, 2.24) is 4.57 Å². The van der Waals surface area contributed by atoms with Gasteiger partial charge in [-0.3, -0.25) is 4.57 Å². The second kappa shape index (κ2) is 4.84. The molecule has 0 bridgehead atoms. The highest BCUT2D eigenvalue weighted by Crippen LogP contribution is 2.31. The number of nitrogens with zero attached hydrogens (tertiary/aromatic N) is 2. The van der Waals surface area contributed by atoms with E-state index in [0.29, 0.717) is 11.1 Å². The maximum atomic E-state index is 12.2. The Morgan fingerprint density at radius 3 is 2.60 bits per heavy atom. The predicted octanol–water partition coefficient (Wildman–Crippen LogP) is 4.26. The lowest BCUT2D eigenvalue weighted by molar-refractivity contribution is 0.0544. The topological polar surface area (TPSA) is 55.0 Å². The van der Waals surface area contributed by atoms with E-state index in [1.54, 1.807) is 39.1 Å². The third kappa shape index (κ3) is 2.50. The SMILES string of the molecule is Cc1cn(C(=O)OC(C)(C)C)c2c(Cl)c(C#N)ccc12. The van der Waals surface area contributed by atoms with E-state index in [0.717, 1.165) is 10.9 Å². The van der Waals surface area contributed by atoms with E-state index in [1.807, 2.05) is 13.0 Å². The zero-order chi connectivity index (χ0) is 15.1. The first-order valence-electron chi connectivity index (χ1n) is 6.18. The summed E-state index contributed by atoms with van der Waals surface area (Å²) in [5, 5.41) is 10.1. The molecule has 0 atom stereocenters. The number of carbonyl (C=O) groups is 1. The highest BCUT2D eigenvalue weighted by Gasteiger charge is 2.22. The van der Waals surface area contributed by atoms with Gasteiger partial charge in [0.05, 0.1) is 16.1 Å². The lowest BCUT2D eigenvalue weighted by Gasteiger charge is -2.20. The molecule has 0 aliphatic rings. The Morgan fingerprint density at radius 2 is 2.05 bits per heavy atom. The minimum atomic E-state index is -0.596. The van der Waals surface area contributed by atoms with Crippen LogP contribution in [-0.2, 0) is 4.74 Å². The van der Waals surface area contributed by atoms with E-state index in [2.05, 4.69) is 0 Å². The van der Waals surface area contributed by atoms with Crippen molar-refractivity contribution in [3.63, 3.8) is 0 Å². The third-order valence-corrected chi connectivity index (χ3v) is 3.20. The second-order valence-electron chi connectivity index (χ2n) is 5.60. The van der Waals surface area contributed by atoms with Crippen LogP contribution in [0.1, 0.15) is 31.9 Å². The normalized spacial score (nSPS) is 11.4. The van der Waals surface area contributed by atoms with Crippen molar-refractivity contribution in [3.8, 4) is 6.07 Å². The number of fused-ring (bicyclic) bond motifs is 1. The quantitative estimate of drug-likeness (QED) is 0.728. The summed E-state index contributed by atoms with van der Waals surface area (Å²) < 4.78 is 6.72. The molecular weight excluding hydrogens is 276 g/mol. The number of halogens is 1. The molecule has 0 fully saturated rings. The van der Waals surface area contributed by atoms with Crippen LogP contribution in [0.4, 0.5) is 4.79 Å². The molecule has 4 nitrogen and oxygen atoms in total. The number of ether oxygens (including phenoxy) is 1. The van der Waals surface area contributed by atoms with Crippen LogP contribution in [0.15, 0.2) is 18.3 Å². The Hall–Kier alpha value is -1.99. The molecule has 1 aromatic heterocycles. The lowest BCUT2D eigenvalue weighted by Crippen LogP contribution is -2.26. The number of hydrogen-bond donors (Lipinski definition) is 0. The Kier molecular flexibility index (Phi) is 3.49. The van der Waals surface area contributed by atoms with Crippen molar-refractivity contribution in [2.45, 2.75) is 33.3 Å². The number of aromatic nitrogens is 1. The van der Waals surface area contributed by atoms with Gasteiger partial charge < -0.3 is 4.74 Å². The summed E-state index contributed by atoms with van der Waals surface area (Å²) in [6, 6.07) is 5.45. The fourth-order valence-corrected chi connectivity index (χ4v) is 2.29. The molecule has 5 heteroatoms. The van der Waals surface area contributed by atoms with Crippen LogP contribution in [0.25, 0.3) is 10.9 Å². The molecular formula is C15H15ClN2O2. The van der Waals surface area contributed by atoms with Crippen LogP contribution in [-0.4, -0.2) is 16.3 Å². The minimum Gasteiger partial charge on any atom is -0.443 e. The number of aryl methyl sites for hydroxylation is 1. The molecule has 20 heavy (non-hydrogen) atoms. The Bertz CT molecular complexity index is 733. The van der Waals surface area contributed by atoms with Crippen LogP contribution < -0.4 is 0 Å². The van der Waals surface area contributed by atoms with E-state index in [1.165, 1.54) is 4.57 Å². The molecule has 0 N–H and O–H groups in total. The van der Waals surface area contributed by atoms with Gasteiger partial charge in [-0.25, -0.2) is 4.79 Å².